The summed E-state index contributed by atoms with van der Waals surface area (Å²) in [6, 6.07) is -0.911. The van der Waals surface area contributed by atoms with Gasteiger partial charge in [-0.15, -0.1) is 0 Å². The minimum atomic E-state index is -3.67. The number of nitrogens with one attached hydrogen (secondary N) is 3. The van der Waals surface area contributed by atoms with Gasteiger partial charge in [0.05, 0.1) is 19.8 Å². The van der Waals surface area contributed by atoms with Gasteiger partial charge in [-0.2, -0.15) is 0 Å². The molecule has 0 aromatic rings. The second kappa shape index (κ2) is 23.2. The minimum Gasteiger partial charge on any atom is -0.460 e. The Morgan fingerprint density at radius 1 is 1.03 bits per heavy atom. The Morgan fingerprint density at radius 3 is 2.48 bits per heavy atom. The summed E-state index contributed by atoms with van der Waals surface area (Å²) in [5.41, 5.74) is 12.6. The Balaban J connectivity index is 1.31. The second-order valence-electron chi connectivity index (χ2n) is 19.6. The minimum absolute atomic E-state index is 0.00832. The molecule has 9 atom stereocenters. The van der Waals surface area contributed by atoms with Gasteiger partial charge in [0, 0.05) is 30.2 Å². The number of fused-ring (bicyclic) bond motifs is 5. The van der Waals surface area contributed by atoms with Gasteiger partial charge in [0.1, 0.15) is 17.7 Å². The van der Waals surface area contributed by atoms with Crippen molar-refractivity contribution in [3.8, 4) is 0 Å². The van der Waals surface area contributed by atoms with Crippen molar-refractivity contribution in [2.24, 2.45) is 56.9 Å². The fourth-order valence-electron chi connectivity index (χ4n) is 10.5. The highest BCUT2D eigenvalue weighted by molar-refractivity contribution is 8.76. The van der Waals surface area contributed by atoms with Crippen LogP contribution < -0.4 is 21.9 Å². The van der Waals surface area contributed by atoms with Crippen molar-refractivity contribution >= 4 is 53.1 Å². The van der Waals surface area contributed by atoms with Crippen molar-refractivity contribution < 1.29 is 32.7 Å². The number of rotatable bonds is 24. The number of nitrogens with two attached hydrogens (primary N) is 2. The van der Waals surface area contributed by atoms with Gasteiger partial charge in [0.25, 0.3) is 0 Å². The molecule has 1 amide bonds. The van der Waals surface area contributed by atoms with Crippen LogP contribution in [0.4, 0.5) is 4.79 Å². The maximum Gasteiger partial charge on any atom is 0.408 e. The van der Waals surface area contributed by atoms with Crippen molar-refractivity contribution in [1.29, 1.82) is 5.41 Å². The quantitative estimate of drug-likeness (QED) is 0.0117. The van der Waals surface area contributed by atoms with Crippen molar-refractivity contribution in [3.05, 3.63) is 11.6 Å². The van der Waals surface area contributed by atoms with Gasteiger partial charge in [-0.3, -0.25) is 14.0 Å². The molecule has 0 aliphatic heterocycles. The molecule has 13 nitrogen and oxygen atoms in total. The van der Waals surface area contributed by atoms with Crippen LogP contribution in [0.3, 0.4) is 0 Å². The Bertz CT molecular complexity index is 1540. The molecule has 0 heterocycles. The average Bonchev–Trinajstić information content (AvgIpc) is 3.49. The fraction of sp³-hybridized carbons (Fsp3) is 0.864. The third-order valence-electron chi connectivity index (χ3n) is 13.5. The first-order chi connectivity index (χ1) is 28.2. The topological polar surface area (TPSA) is 200 Å². The Labute approximate surface area is 369 Å². The summed E-state index contributed by atoms with van der Waals surface area (Å²) in [5.74, 6) is 4.10. The summed E-state index contributed by atoms with van der Waals surface area (Å²) in [6.07, 6.45) is 17.3. The van der Waals surface area contributed by atoms with E-state index in [9.17, 15) is 14.2 Å². The Hall–Kier alpha value is -1.77. The number of hydrogen-bond donors (Lipinski definition) is 5. The number of guanidine groups is 1. The van der Waals surface area contributed by atoms with Gasteiger partial charge in [-0.1, -0.05) is 80.2 Å². The van der Waals surface area contributed by atoms with E-state index < -0.39 is 31.5 Å². The molecule has 0 bridgehead atoms. The summed E-state index contributed by atoms with van der Waals surface area (Å²) in [4.78, 5) is 30.6. The Kier molecular flexibility index (Phi) is 19.7. The van der Waals surface area contributed by atoms with E-state index >= 15 is 0 Å². The second-order valence-corrected chi connectivity index (χ2v) is 24.1. The van der Waals surface area contributed by atoms with E-state index in [0.29, 0.717) is 35.6 Å². The van der Waals surface area contributed by atoms with E-state index in [-0.39, 0.29) is 49.5 Å². The number of nitrogens with zero attached hydrogens (tertiary/aromatic N) is 1. The highest BCUT2D eigenvalue weighted by Crippen LogP contribution is 2.67. The highest BCUT2D eigenvalue weighted by atomic mass is 33.1. The monoisotopic (exact) mass is 899 g/mol. The Morgan fingerprint density at radius 2 is 1.78 bits per heavy atom. The largest absolute Gasteiger partial charge is 0.460 e. The standard InChI is InChI=1S/C44H79N6O7PS2/c1-30(2)12-9-10-14-32-16-18-36-35-17-15-33-28-34(19-21-44(33,8)37(35)20-22-43(32,36)7)56-39(51)38(50-41(52)57-42(4,5)6)29-60-59-27-24-49-58(53,54-25-11-13-31(3)45)55-26-23-48-40(46)47/h15,30,32,34-38,45H,9-14,16-29H2,1-8H3,(H,49,53)(H,50,52)(H4,46,47,48). The summed E-state index contributed by atoms with van der Waals surface area (Å²) >= 11 is 0. The van der Waals surface area contributed by atoms with E-state index in [1.165, 1.54) is 78.5 Å². The van der Waals surface area contributed by atoms with Crippen LogP contribution in [0.5, 0.6) is 0 Å². The lowest BCUT2D eigenvalue weighted by Crippen LogP contribution is -2.51. The number of alkyl carbamates (subject to hydrolysis) is 1. The molecule has 0 spiro atoms. The predicted octanol–water partition coefficient (Wildman–Crippen LogP) is 9.79. The van der Waals surface area contributed by atoms with E-state index in [1.807, 2.05) is 0 Å². The first kappa shape index (κ1) is 50.9. The number of carbonyl (C=O) groups is 2. The molecule has 9 unspecified atom stereocenters. The molecule has 7 N–H and O–H groups in total. The van der Waals surface area contributed by atoms with E-state index in [4.69, 9.17) is 35.4 Å². The molecular formula is C44H79N6O7PS2. The average molecular weight is 899 g/mol. The van der Waals surface area contributed by atoms with Crippen LogP contribution in [-0.4, -0.2) is 79.3 Å². The lowest BCUT2D eigenvalue weighted by molar-refractivity contribution is -0.153. The van der Waals surface area contributed by atoms with Gasteiger partial charge < -0.3 is 31.7 Å². The zero-order valence-corrected chi connectivity index (χ0v) is 40.5. The molecule has 16 heteroatoms. The molecule has 60 heavy (non-hydrogen) atoms. The lowest BCUT2D eigenvalue weighted by Gasteiger charge is -2.58. The van der Waals surface area contributed by atoms with Crippen LogP contribution in [0.15, 0.2) is 16.6 Å². The van der Waals surface area contributed by atoms with Crippen LogP contribution in [0.25, 0.3) is 0 Å². The molecule has 3 fully saturated rings. The third kappa shape index (κ3) is 15.2. The molecule has 0 aromatic heterocycles. The molecule has 3 saturated carbocycles. The number of aliphatic imine (C=N–C) groups is 1. The molecule has 4 rings (SSSR count). The van der Waals surface area contributed by atoms with Crippen molar-refractivity contribution in [3.63, 3.8) is 0 Å². The molecule has 0 aromatic carbocycles. The van der Waals surface area contributed by atoms with Gasteiger partial charge in [-0.25, -0.2) is 19.2 Å². The van der Waals surface area contributed by atoms with E-state index in [1.54, 1.807) is 27.7 Å². The molecule has 4 aliphatic rings. The summed E-state index contributed by atoms with van der Waals surface area (Å²) in [5, 5.41) is 13.3. The number of hydrogen-bond acceptors (Lipinski definition) is 11. The SMILES string of the molecule is CC(=N)CCCOP(=O)(NCCSSCC(NC(=O)OC(C)(C)C)C(=O)OC1CCC2(C)C(=CCC3C2CCC2(C)C(CCCCC(C)C)CCC32)C1)OCCN=C(N)N. The zero-order chi connectivity index (χ0) is 44.1. The summed E-state index contributed by atoms with van der Waals surface area (Å²) in [7, 11) is -0.805. The molecule has 0 radical (unpaired) electrons. The molecule has 4 aliphatic carbocycles. The third-order valence-corrected chi connectivity index (χ3v) is 17.6. The number of carbonyl (C=O) groups excluding carboxylic acids is 2. The first-order valence-corrected chi connectivity index (χ1v) is 26.7. The number of amides is 1. The normalized spacial score (nSPS) is 28.9. The number of unbranched alkanes of at least 4 members (excludes halogenated alkanes) is 1. The predicted molar refractivity (Wildman–Crippen MR) is 247 cm³/mol. The van der Waals surface area contributed by atoms with Gasteiger partial charge in [0.15, 0.2) is 5.96 Å². The summed E-state index contributed by atoms with van der Waals surface area (Å²) < 4.78 is 36.3. The van der Waals surface area contributed by atoms with Crippen LogP contribution in [0.1, 0.15) is 145 Å². The number of ether oxygens (including phenoxy) is 2. The lowest BCUT2D eigenvalue weighted by atomic mass is 9.47. The van der Waals surface area contributed by atoms with Crippen LogP contribution in [-0.2, 0) is 27.9 Å². The fourth-order valence-corrected chi connectivity index (χ4v) is 14.0. The van der Waals surface area contributed by atoms with Crippen LogP contribution in [0.2, 0.25) is 0 Å². The van der Waals surface area contributed by atoms with Crippen molar-refractivity contribution in [2.45, 2.75) is 163 Å². The maximum atomic E-state index is 13.8. The summed E-state index contributed by atoms with van der Waals surface area (Å²) in [6.45, 7) is 17.4. The zero-order valence-electron chi connectivity index (χ0n) is 38.0. The molecule has 0 saturated heterocycles. The molecule has 344 valence electrons. The van der Waals surface area contributed by atoms with Crippen molar-refractivity contribution in [2.75, 3.05) is 37.8 Å². The van der Waals surface area contributed by atoms with Crippen LogP contribution >= 0.6 is 29.3 Å². The highest BCUT2D eigenvalue weighted by Gasteiger charge is 2.58. The van der Waals surface area contributed by atoms with E-state index in [0.717, 1.165) is 49.4 Å². The van der Waals surface area contributed by atoms with Crippen molar-refractivity contribution in [1.82, 2.24) is 10.4 Å². The maximum absolute atomic E-state index is 13.8. The number of esters is 1. The van der Waals surface area contributed by atoms with Gasteiger partial charge in [-0.05, 0) is 132 Å². The van der Waals surface area contributed by atoms with E-state index in [2.05, 4.69) is 49.2 Å². The molecular weight excluding hydrogens is 820 g/mol. The smallest absolute Gasteiger partial charge is 0.408 e. The van der Waals surface area contributed by atoms with Gasteiger partial charge in [0.2, 0.25) is 0 Å². The van der Waals surface area contributed by atoms with Gasteiger partial charge >= 0.3 is 19.8 Å². The van der Waals surface area contributed by atoms with Crippen LogP contribution in [0, 0.1) is 45.8 Å². The number of allylic oxidation sites excluding steroid dienone is 1. The first-order valence-electron chi connectivity index (χ1n) is 22.6.